The third-order valence-electron chi connectivity index (χ3n) is 4.07. The largest absolute Gasteiger partial charge is 0.325 e. The molecule has 0 bridgehead atoms. The maximum atomic E-state index is 12.4. The molecule has 0 unspecified atom stereocenters. The minimum atomic E-state index is -0.252. The highest BCUT2D eigenvalue weighted by atomic mass is 35.5. The number of rotatable bonds is 8. The number of hydrogen-bond acceptors (Lipinski definition) is 4. The standard InChI is InChI=1S/C21H23ClN4O2/c1-3-10-26(14-21(28)25-19-7-5-4-6-15(19)2)13-20(27)24-17-9-8-16(12-23)18(22)11-17/h4-9,11H,3,10,13-14H2,1-2H3,(H,24,27)(H,25,28). The van der Waals surface area contributed by atoms with Crippen molar-refractivity contribution in [3.05, 3.63) is 58.6 Å². The summed E-state index contributed by atoms with van der Waals surface area (Å²) >= 11 is 5.99. The quantitative estimate of drug-likeness (QED) is 0.708. The van der Waals surface area contributed by atoms with E-state index in [-0.39, 0.29) is 29.9 Å². The Bertz CT molecular complexity index is 892. The van der Waals surface area contributed by atoms with E-state index in [1.165, 1.54) is 6.07 Å². The fraction of sp³-hybridized carbons (Fsp3) is 0.286. The van der Waals surface area contributed by atoms with Crippen molar-refractivity contribution in [2.75, 3.05) is 30.3 Å². The maximum Gasteiger partial charge on any atom is 0.238 e. The van der Waals surface area contributed by atoms with Gasteiger partial charge >= 0.3 is 0 Å². The number of aryl methyl sites for hydroxylation is 1. The minimum absolute atomic E-state index is 0.0760. The van der Waals surface area contributed by atoms with Crippen LogP contribution in [0.4, 0.5) is 11.4 Å². The van der Waals surface area contributed by atoms with Gasteiger partial charge in [-0.25, -0.2) is 0 Å². The number of anilines is 2. The molecule has 2 N–H and O–H groups in total. The molecule has 0 saturated carbocycles. The molecule has 6 nitrogen and oxygen atoms in total. The Balaban J connectivity index is 1.95. The van der Waals surface area contributed by atoms with Crippen molar-refractivity contribution in [3.8, 4) is 6.07 Å². The van der Waals surface area contributed by atoms with Gasteiger partial charge in [0.1, 0.15) is 6.07 Å². The van der Waals surface area contributed by atoms with Crippen molar-refractivity contribution >= 4 is 34.8 Å². The molecule has 0 aliphatic carbocycles. The van der Waals surface area contributed by atoms with E-state index in [0.717, 1.165) is 17.7 Å². The van der Waals surface area contributed by atoms with Crippen LogP contribution in [0.1, 0.15) is 24.5 Å². The van der Waals surface area contributed by atoms with Gasteiger partial charge in [0.25, 0.3) is 0 Å². The van der Waals surface area contributed by atoms with Crippen LogP contribution in [0, 0.1) is 18.3 Å². The summed E-state index contributed by atoms with van der Waals surface area (Å²) in [5.74, 6) is -0.421. The topological polar surface area (TPSA) is 85.2 Å². The van der Waals surface area contributed by atoms with Gasteiger partial charge in [0.15, 0.2) is 0 Å². The second-order valence-corrected chi connectivity index (χ2v) is 6.84. The third-order valence-corrected chi connectivity index (χ3v) is 4.38. The average Bonchev–Trinajstić information content (AvgIpc) is 2.64. The number of nitriles is 1. The first-order chi connectivity index (χ1) is 13.4. The zero-order valence-corrected chi connectivity index (χ0v) is 16.7. The fourth-order valence-corrected chi connectivity index (χ4v) is 2.95. The molecule has 0 aliphatic heterocycles. The third kappa shape index (κ3) is 6.38. The van der Waals surface area contributed by atoms with Crippen LogP contribution in [0.2, 0.25) is 5.02 Å². The Morgan fingerprint density at radius 2 is 1.79 bits per heavy atom. The molecule has 0 spiro atoms. The summed E-state index contributed by atoms with van der Waals surface area (Å²) < 4.78 is 0. The van der Waals surface area contributed by atoms with Gasteiger partial charge in [-0.15, -0.1) is 0 Å². The molecule has 0 saturated heterocycles. The predicted octanol–water partition coefficient (Wildman–Crippen LogP) is 3.81. The number of benzene rings is 2. The molecule has 146 valence electrons. The molecule has 2 rings (SSSR count). The van der Waals surface area contributed by atoms with E-state index in [1.54, 1.807) is 17.0 Å². The second-order valence-electron chi connectivity index (χ2n) is 6.43. The van der Waals surface area contributed by atoms with Gasteiger partial charge < -0.3 is 10.6 Å². The zero-order chi connectivity index (χ0) is 20.5. The Kier molecular flexibility index (Phi) is 8.00. The van der Waals surface area contributed by atoms with Crippen LogP contribution in [-0.4, -0.2) is 36.3 Å². The molecular weight excluding hydrogens is 376 g/mol. The number of para-hydroxylation sites is 1. The molecule has 28 heavy (non-hydrogen) atoms. The number of nitrogens with zero attached hydrogens (tertiary/aromatic N) is 2. The van der Waals surface area contributed by atoms with E-state index in [0.29, 0.717) is 17.8 Å². The molecule has 2 aromatic rings. The minimum Gasteiger partial charge on any atom is -0.325 e. The molecular formula is C21H23ClN4O2. The van der Waals surface area contributed by atoms with Gasteiger partial charge in [-0.05, 0) is 49.7 Å². The normalized spacial score (nSPS) is 10.4. The van der Waals surface area contributed by atoms with Crippen molar-refractivity contribution in [2.45, 2.75) is 20.3 Å². The maximum absolute atomic E-state index is 12.4. The van der Waals surface area contributed by atoms with Gasteiger partial charge in [0, 0.05) is 11.4 Å². The van der Waals surface area contributed by atoms with E-state index in [1.807, 2.05) is 44.2 Å². The Labute approximate surface area is 170 Å². The van der Waals surface area contributed by atoms with Crippen molar-refractivity contribution in [3.63, 3.8) is 0 Å². The Morgan fingerprint density at radius 1 is 1.11 bits per heavy atom. The molecule has 0 atom stereocenters. The molecule has 0 aromatic heterocycles. The molecule has 2 amide bonds. The van der Waals surface area contributed by atoms with Gasteiger partial charge in [-0.1, -0.05) is 36.7 Å². The molecule has 0 fully saturated rings. The van der Waals surface area contributed by atoms with Crippen LogP contribution < -0.4 is 10.6 Å². The molecule has 7 heteroatoms. The lowest BCUT2D eigenvalue weighted by Crippen LogP contribution is -2.39. The average molecular weight is 399 g/mol. The lowest BCUT2D eigenvalue weighted by Gasteiger charge is -2.21. The summed E-state index contributed by atoms with van der Waals surface area (Å²) in [5, 5.41) is 14.8. The van der Waals surface area contributed by atoms with Crippen LogP contribution in [0.3, 0.4) is 0 Å². The van der Waals surface area contributed by atoms with E-state index in [9.17, 15) is 9.59 Å². The highest BCUT2D eigenvalue weighted by molar-refractivity contribution is 6.32. The van der Waals surface area contributed by atoms with Crippen LogP contribution >= 0.6 is 11.6 Å². The monoisotopic (exact) mass is 398 g/mol. The second kappa shape index (κ2) is 10.5. The van der Waals surface area contributed by atoms with Crippen molar-refractivity contribution in [2.24, 2.45) is 0 Å². The summed E-state index contributed by atoms with van der Waals surface area (Å²) in [5.41, 5.74) is 2.60. The number of halogens is 1. The van der Waals surface area contributed by atoms with Crippen molar-refractivity contribution in [1.82, 2.24) is 4.90 Å². The number of amides is 2. The number of nitrogens with one attached hydrogen (secondary N) is 2. The highest BCUT2D eigenvalue weighted by Gasteiger charge is 2.15. The lowest BCUT2D eigenvalue weighted by molar-refractivity contribution is -0.120. The molecule has 2 aromatic carbocycles. The summed E-state index contributed by atoms with van der Waals surface area (Å²) in [6, 6.07) is 14.2. The number of carbonyl (C=O) groups is 2. The summed E-state index contributed by atoms with van der Waals surface area (Å²) in [7, 11) is 0. The van der Waals surface area contributed by atoms with Crippen LogP contribution in [0.15, 0.2) is 42.5 Å². The van der Waals surface area contributed by atoms with E-state index < -0.39 is 0 Å². The summed E-state index contributed by atoms with van der Waals surface area (Å²) in [4.78, 5) is 26.5. The van der Waals surface area contributed by atoms with Gasteiger partial charge in [0.05, 0.1) is 23.7 Å². The Hall–Kier alpha value is -2.88. The number of hydrogen-bond donors (Lipinski definition) is 2. The van der Waals surface area contributed by atoms with Crippen LogP contribution in [-0.2, 0) is 9.59 Å². The Morgan fingerprint density at radius 3 is 2.39 bits per heavy atom. The van der Waals surface area contributed by atoms with Gasteiger partial charge in [-0.2, -0.15) is 5.26 Å². The summed E-state index contributed by atoms with van der Waals surface area (Å²) in [6.07, 6.45) is 0.813. The number of carbonyl (C=O) groups excluding carboxylic acids is 2. The first-order valence-electron chi connectivity index (χ1n) is 9.00. The first-order valence-corrected chi connectivity index (χ1v) is 9.38. The van der Waals surface area contributed by atoms with Gasteiger partial charge in [-0.3, -0.25) is 14.5 Å². The van der Waals surface area contributed by atoms with E-state index in [4.69, 9.17) is 16.9 Å². The highest BCUT2D eigenvalue weighted by Crippen LogP contribution is 2.20. The van der Waals surface area contributed by atoms with Crippen molar-refractivity contribution < 1.29 is 9.59 Å². The van der Waals surface area contributed by atoms with Gasteiger partial charge in [0.2, 0.25) is 11.8 Å². The smallest absolute Gasteiger partial charge is 0.238 e. The van der Waals surface area contributed by atoms with Crippen LogP contribution in [0.5, 0.6) is 0 Å². The summed E-state index contributed by atoms with van der Waals surface area (Å²) in [6.45, 7) is 4.72. The molecule has 0 heterocycles. The van der Waals surface area contributed by atoms with Crippen LogP contribution in [0.25, 0.3) is 0 Å². The van der Waals surface area contributed by atoms with Crippen molar-refractivity contribution in [1.29, 1.82) is 5.26 Å². The first kappa shape index (κ1) is 21.4. The van der Waals surface area contributed by atoms with E-state index in [2.05, 4.69) is 10.6 Å². The fourth-order valence-electron chi connectivity index (χ4n) is 2.72. The SMILES string of the molecule is CCCN(CC(=O)Nc1ccc(C#N)c(Cl)c1)CC(=O)Nc1ccccc1C. The lowest BCUT2D eigenvalue weighted by atomic mass is 10.2. The van der Waals surface area contributed by atoms with E-state index >= 15 is 0 Å². The zero-order valence-electron chi connectivity index (χ0n) is 16.0. The molecule has 0 radical (unpaired) electrons. The molecule has 0 aliphatic rings. The predicted molar refractivity (Wildman–Crippen MR) is 111 cm³/mol.